The Balaban J connectivity index is 1.54. The number of carbonyl (C=O) groups excluding carboxylic acids is 1. The van der Waals surface area contributed by atoms with Crippen molar-refractivity contribution in [3.05, 3.63) is 82.9 Å². The molecule has 1 saturated heterocycles. The SMILES string of the molecule is COc1ccc(S(=O)(=O)N(CC(=O)NCc2ccccc2CN2CCCCC2)c2ccc(Cl)cc2)cc1OC. The van der Waals surface area contributed by atoms with Crippen molar-refractivity contribution in [3.63, 3.8) is 0 Å². The van der Waals surface area contributed by atoms with Gasteiger partial charge in [-0.1, -0.05) is 42.3 Å². The number of sulfonamides is 1. The maximum Gasteiger partial charge on any atom is 0.264 e. The second kappa shape index (κ2) is 13.2. The van der Waals surface area contributed by atoms with Crippen molar-refractivity contribution >= 4 is 33.2 Å². The minimum absolute atomic E-state index is 0.0326. The van der Waals surface area contributed by atoms with Gasteiger partial charge in [-0.05, 0) is 73.5 Å². The van der Waals surface area contributed by atoms with Crippen LogP contribution >= 0.6 is 11.6 Å². The van der Waals surface area contributed by atoms with Crippen molar-refractivity contribution in [2.75, 3.05) is 38.2 Å². The summed E-state index contributed by atoms with van der Waals surface area (Å²) >= 11 is 6.05. The van der Waals surface area contributed by atoms with E-state index in [4.69, 9.17) is 21.1 Å². The molecule has 0 atom stereocenters. The number of nitrogens with one attached hydrogen (secondary N) is 1. The Morgan fingerprint density at radius 3 is 2.26 bits per heavy atom. The highest BCUT2D eigenvalue weighted by molar-refractivity contribution is 7.92. The van der Waals surface area contributed by atoms with Gasteiger partial charge >= 0.3 is 0 Å². The lowest BCUT2D eigenvalue weighted by Crippen LogP contribution is -2.40. The first-order chi connectivity index (χ1) is 18.8. The number of benzene rings is 3. The molecule has 1 aliphatic rings. The number of likely N-dealkylation sites (tertiary alicyclic amines) is 1. The van der Waals surface area contributed by atoms with Gasteiger partial charge in [-0.15, -0.1) is 0 Å². The van der Waals surface area contributed by atoms with Crippen molar-refractivity contribution in [2.24, 2.45) is 0 Å². The third kappa shape index (κ3) is 7.23. The molecule has 8 nitrogen and oxygen atoms in total. The molecule has 0 spiro atoms. The molecule has 3 aromatic carbocycles. The number of halogens is 1. The summed E-state index contributed by atoms with van der Waals surface area (Å²) in [6, 6.07) is 18.7. The molecule has 0 aliphatic carbocycles. The van der Waals surface area contributed by atoms with Gasteiger partial charge in [0.05, 0.1) is 24.8 Å². The van der Waals surface area contributed by atoms with Gasteiger partial charge in [0.15, 0.2) is 11.5 Å². The van der Waals surface area contributed by atoms with E-state index in [9.17, 15) is 13.2 Å². The van der Waals surface area contributed by atoms with E-state index in [1.165, 1.54) is 51.7 Å². The summed E-state index contributed by atoms with van der Waals surface area (Å²) in [7, 11) is -1.24. The first-order valence-corrected chi connectivity index (χ1v) is 14.7. The molecule has 1 amide bonds. The number of piperidine rings is 1. The van der Waals surface area contributed by atoms with Crippen LogP contribution in [0.2, 0.25) is 5.02 Å². The minimum Gasteiger partial charge on any atom is -0.493 e. The molecule has 0 unspecified atom stereocenters. The van der Waals surface area contributed by atoms with E-state index in [2.05, 4.69) is 16.3 Å². The highest BCUT2D eigenvalue weighted by Crippen LogP contribution is 2.32. The number of rotatable bonds is 11. The monoisotopic (exact) mass is 571 g/mol. The number of ether oxygens (including phenoxy) is 2. The van der Waals surface area contributed by atoms with Crippen LogP contribution in [0.5, 0.6) is 11.5 Å². The van der Waals surface area contributed by atoms with E-state index in [0.29, 0.717) is 23.0 Å². The maximum absolute atomic E-state index is 13.8. The summed E-state index contributed by atoms with van der Waals surface area (Å²) in [5.74, 6) is 0.238. The third-order valence-electron chi connectivity index (χ3n) is 6.78. The Kier molecular flexibility index (Phi) is 9.72. The van der Waals surface area contributed by atoms with E-state index in [1.54, 1.807) is 24.3 Å². The number of amides is 1. The fourth-order valence-corrected chi connectivity index (χ4v) is 6.21. The normalized spacial score (nSPS) is 14.0. The molecule has 10 heteroatoms. The Morgan fingerprint density at radius 1 is 0.923 bits per heavy atom. The molecule has 0 saturated carbocycles. The van der Waals surface area contributed by atoms with Crippen LogP contribution in [0, 0.1) is 0 Å². The van der Waals surface area contributed by atoms with Gasteiger partial charge in [0.2, 0.25) is 5.91 Å². The highest BCUT2D eigenvalue weighted by atomic mass is 35.5. The Bertz CT molecular complexity index is 1380. The molecule has 1 N–H and O–H groups in total. The van der Waals surface area contributed by atoms with E-state index in [0.717, 1.165) is 35.1 Å². The summed E-state index contributed by atoms with van der Waals surface area (Å²) in [5.41, 5.74) is 2.49. The lowest BCUT2D eigenvalue weighted by molar-refractivity contribution is -0.119. The number of hydrogen-bond donors (Lipinski definition) is 1. The molecule has 0 radical (unpaired) electrons. The second-order valence-electron chi connectivity index (χ2n) is 9.39. The topological polar surface area (TPSA) is 88.2 Å². The molecule has 0 bridgehead atoms. The van der Waals surface area contributed by atoms with Crippen LogP contribution in [0.3, 0.4) is 0 Å². The summed E-state index contributed by atoms with van der Waals surface area (Å²) in [5, 5.41) is 3.37. The zero-order chi connectivity index (χ0) is 27.8. The molecule has 1 heterocycles. The molecule has 4 rings (SSSR count). The average molecular weight is 572 g/mol. The first kappa shape index (κ1) is 28.7. The smallest absolute Gasteiger partial charge is 0.264 e. The quantitative estimate of drug-likeness (QED) is 0.354. The molecular formula is C29H34ClN3O5S. The van der Waals surface area contributed by atoms with Crippen molar-refractivity contribution in [1.82, 2.24) is 10.2 Å². The number of hydrogen-bond acceptors (Lipinski definition) is 6. The Morgan fingerprint density at radius 2 is 1.59 bits per heavy atom. The first-order valence-electron chi connectivity index (χ1n) is 12.9. The van der Waals surface area contributed by atoms with Crippen LogP contribution in [-0.4, -0.2) is 53.1 Å². The molecule has 208 valence electrons. The van der Waals surface area contributed by atoms with Crippen LogP contribution in [0.25, 0.3) is 0 Å². The van der Waals surface area contributed by atoms with Crippen molar-refractivity contribution in [2.45, 2.75) is 37.2 Å². The van der Waals surface area contributed by atoms with Crippen LogP contribution in [0.15, 0.2) is 71.6 Å². The summed E-state index contributed by atoms with van der Waals surface area (Å²) in [4.78, 5) is 15.6. The standard InChI is InChI=1S/C29H34ClN3O5S/c1-37-27-15-14-26(18-28(27)38-2)39(35,36)33(25-12-10-24(30)11-13-25)21-29(34)31-19-22-8-4-5-9-23(22)20-32-16-6-3-7-17-32/h4-5,8-15,18H,3,6-7,16-17,19-21H2,1-2H3,(H,31,34). The number of methoxy groups -OCH3 is 2. The highest BCUT2D eigenvalue weighted by Gasteiger charge is 2.28. The minimum atomic E-state index is -4.14. The van der Waals surface area contributed by atoms with E-state index < -0.39 is 22.5 Å². The van der Waals surface area contributed by atoms with E-state index in [1.807, 2.05) is 18.2 Å². The van der Waals surface area contributed by atoms with Gasteiger partial charge < -0.3 is 14.8 Å². The van der Waals surface area contributed by atoms with Crippen LogP contribution in [0.4, 0.5) is 5.69 Å². The van der Waals surface area contributed by atoms with Crippen LogP contribution in [-0.2, 0) is 27.9 Å². The van der Waals surface area contributed by atoms with Gasteiger partial charge in [0.1, 0.15) is 6.54 Å². The van der Waals surface area contributed by atoms with Gasteiger partial charge in [0, 0.05) is 24.2 Å². The number of anilines is 1. The number of nitrogens with zero attached hydrogens (tertiary/aromatic N) is 2. The fraction of sp³-hybridized carbons (Fsp3) is 0.345. The maximum atomic E-state index is 13.8. The Labute approximate surface area is 235 Å². The van der Waals surface area contributed by atoms with Crippen molar-refractivity contribution in [1.29, 1.82) is 0 Å². The Hall–Kier alpha value is -3.27. The second-order valence-corrected chi connectivity index (χ2v) is 11.7. The van der Waals surface area contributed by atoms with Crippen molar-refractivity contribution < 1.29 is 22.7 Å². The number of carbonyl (C=O) groups is 1. The zero-order valence-corrected chi connectivity index (χ0v) is 23.8. The molecule has 3 aromatic rings. The molecule has 39 heavy (non-hydrogen) atoms. The average Bonchev–Trinajstić information content (AvgIpc) is 2.96. The largest absolute Gasteiger partial charge is 0.493 e. The molecule has 1 fully saturated rings. The van der Waals surface area contributed by atoms with Gasteiger partial charge in [-0.25, -0.2) is 8.42 Å². The van der Waals surface area contributed by atoms with Gasteiger partial charge in [-0.2, -0.15) is 0 Å². The predicted octanol–water partition coefficient (Wildman–Crippen LogP) is 4.85. The lowest BCUT2D eigenvalue weighted by Gasteiger charge is -2.27. The molecular weight excluding hydrogens is 538 g/mol. The van der Waals surface area contributed by atoms with E-state index >= 15 is 0 Å². The van der Waals surface area contributed by atoms with Gasteiger partial charge in [0.25, 0.3) is 10.0 Å². The lowest BCUT2D eigenvalue weighted by atomic mass is 10.0. The molecule has 0 aromatic heterocycles. The summed E-state index contributed by atoms with van der Waals surface area (Å²) < 4.78 is 39.2. The summed E-state index contributed by atoms with van der Waals surface area (Å²) in [6.45, 7) is 2.87. The zero-order valence-electron chi connectivity index (χ0n) is 22.2. The fourth-order valence-electron chi connectivity index (χ4n) is 4.65. The predicted molar refractivity (Wildman–Crippen MR) is 153 cm³/mol. The summed E-state index contributed by atoms with van der Waals surface area (Å²) in [6.07, 6.45) is 3.67. The third-order valence-corrected chi connectivity index (χ3v) is 8.80. The molecule has 1 aliphatic heterocycles. The van der Waals surface area contributed by atoms with Gasteiger partial charge in [-0.3, -0.25) is 14.0 Å². The van der Waals surface area contributed by atoms with Crippen molar-refractivity contribution in [3.8, 4) is 11.5 Å². The van der Waals surface area contributed by atoms with Crippen LogP contribution < -0.4 is 19.1 Å². The van der Waals surface area contributed by atoms with Crippen LogP contribution in [0.1, 0.15) is 30.4 Å². The van der Waals surface area contributed by atoms with E-state index in [-0.39, 0.29) is 10.6 Å².